The monoisotopic (exact) mass is 317 g/mol. The fraction of sp³-hybridized carbons (Fsp3) is 0.438. The Morgan fingerprint density at radius 2 is 1.83 bits per heavy atom. The van der Waals surface area contributed by atoms with Gasteiger partial charge in [-0.3, -0.25) is 14.9 Å². The Morgan fingerprint density at radius 3 is 2.43 bits per heavy atom. The van der Waals surface area contributed by atoms with Gasteiger partial charge < -0.3 is 14.2 Å². The minimum Gasteiger partial charge on any atom is -0.372 e. The van der Waals surface area contributed by atoms with Crippen molar-refractivity contribution < 1.29 is 9.66 Å². The Morgan fingerprint density at radius 1 is 1.22 bits per heavy atom. The molecule has 1 aromatic heterocycles. The van der Waals surface area contributed by atoms with Crippen LogP contribution in [0.3, 0.4) is 0 Å². The lowest BCUT2D eigenvalue weighted by atomic mass is 10.1. The van der Waals surface area contributed by atoms with Gasteiger partial charge in [-0.25, -0.2) is 0 Å². The van der Waals surface area contributed by atoms with E-state index < -0.39 is 10.5 Å². The van der Waals surface area contributed by atoms with Crippen molar-refractivity contribution >= 4 is 22.3 Å². The average molecular weight is 317 g/mol. The number of fused-ring (bicyclic) bond motifs is 1. The van der Waals surface area contributed by atoms with E-state index in [0.29, 0.717) is 29.7 Å². The van der Waals surface area contributed by atoms with Gasteiger partial charge in [0.05, 0.1) is 22.6 Å². The summed E-state index contributed by atoms with van der Waals surface area (Å²) in [6.45, 7) is 4.89. The highest BCUT2D eigenvalue weighted by atomic mass is 16.6. The van der Waals surface area contributed by atoms with E-state index in [0.717, 1.165) is 0 Å². The predicted octanol–water partition coefficient (Wildman–Crippen LogP) is 2.06. The van der Waals surface area contributed by atoms with Gasteiger partial charge in [-0.2, -0.15) is 0 Å². The second kappa shape index (κ2) is 5.66. The molecule has 3 rings (SSSR count). The van der Waals surface area contributed by atoms with Gasteiger partial charge in [-0.05, 0) is 19.9 Å². The number of nitro groups is 1. The summed E-state index contributed by atoms with van der Waals surface area (Å²) in [6.07, 6.45) is -0.109. The van der Waals surface area contributed by atoms with Crippen molar-refractivity contribution in [2.45, 2.75) is 26.1 Å². The molecule has 2 atom stereocenters. The molecule has 7 heteroatoms. The normalized spacial score (nSPS) is 21.6. The van der Waals surface area contributed by atoms with Gasteiger partial charge in [0.1, 0.15) is 5.69 Å². The molecule has 0 aliphatic carbocycles. The summed E-state index contributed by atoms with van der Waals surface area (Å²) in [5.74, 6) is 0. The average Bonchev–Trinajstić information content (AvgIpc) is 2.49. The molecule has 1 saturated heterocycles. The van der Waals surface area contributed by atoms with Crippen LogP contribution in [0.5, 0.6) is 0 Å². The first kappa shape index (κ1) is 15.5. The summed E-state index contributed by atoms with van der Waals surface area (Å²) < 4.78 is 7.05. The first-order valence-corrected chi connectivity index (χ1v) is 7.56. The highest BCUT2D eigenvalue weighted by Crippen LogP contribution is 2.34. The van der Waals surface area contributed by atoms with Crippen LogP contribution in [0.25, 0.3) is 10.9 Å². The number of hydrogen-bond acceptors (Lipinski definition) is 5. The van der Waals surface area contributed by atoms with Crippen LogP contribution in [0.2, 0.25) is 0 Å². The van der Waals surface area contributed by atoms with Crippen LogP contribution in [-0.4, -0.2) is 34.8 Å². The number of ether oxygens (including phenoxy) is 1. The van der Waals surface area contributed by atoms with Crippen molar-refractivity contribution in [3.63, 3.8) is 0 Å². The standard InChI is InChI=1S/C16H19N3O4/c1-10-8-18(9-11(2)23-10)14-12-6-4-5-7-13(12)17(3)16(20)15(14)19(21)22/h4-7,10-11H,8-9H2,1-3H3/t10-,11+. The minimum atomic E-state index is -0.588. The quantitative estimate of drug-likeness (QED) is 0.626. The lowest BCUT2D eigenvalue weighted by molar-refractivity contribution is -0.385. The third-order valence-corrected chi connectivity index (χ3v) is 4.17. The molecule has 2 heterocycles. The number of aryl methyl sites for hydroxylation is 1. The number of rotatable bonds is 2. The molecule has 0 N–H and O–H groups in total. The van der Waals surface area contributed by atoms with Crippen LogP contribution in [0.4, 0.5) is 11.4 Å². The number of morpholine rings is 1. The second-order valence-corrected chi connectivity index (χ2v) is 6.00. The van der Waals surface area contributed by atoms with Crippen LogP contribution >= 0.6 is 0 Å². The molecular formula is C16H19N3O4. The van der Waals surface area contributed by atoms with Crippen molar-refractivity contribution in [1.82, 2.24) is 4.57 Å². The molecule has 0 saturated carbocycles. The number of hydrogen-bond donors (Lipinski definition) is 0. The molecule has 122 valence electrons. The fourth-order valence-electron chi connectivity index (χ4n) is 3.31. The van der Waals surface area contributed by atoms with Crippen molar-refractivity contribution in [2.75, 3.05) is 18.0 Å². The molecule has 0 unspecified atom stereocenters. The van der Waals surface area contributed by atoms with Crippen molar-refractivity contribution in [3.8, 4) is 0 Å². The fourth-order valence-corrected chi connectivity index (χ4v) is 3.31. The van der Waals surface area contributed by atoms with Gasteiger partial charge in [0.2, 0.25) is 0 Å². The zero-order chi connectivity index (χ0) is 16.7. The summed E-state index contributed by atoms with van der Waals surface area (Å²) in [7, 11) is 1.56. The van der Waals surface area contributed by atoms with Gasteiger partial charge in [0.25, 0.3) is 0 Å². The maximum Gasteiger partial charge on any atom is 0.357 e. The molecule has 0 spiro atoms. The Hall–Kier alpha value is -2.41. The third-order valence-electron chi connectivity index (χ3n) is 4.17. The van der Waals surface area contributed by atoms with Crippen molar-refractivity contribution in [3.05, 3.63) is 44.7 Å². The topological polar surface area (TPSA) is 77.6 Å². The number of benzene rings is 1. The summed E-state index contributed by atoms with van der Waals surface area (Å²) in [5.41, 5.74) is 0.128. The van der Waals surface area contributed by atoms with Crippen LogP contribution in [-0.2, 0) is 11.8 Å². The molecule has 1 aliphatic heterocycles. The van der Waals surface area contributed by atoms with E-state index in [9.17, 15) is 14.9 Å². The van der Waals surface area contributed by atoms with Crippen molar-refractivity contribution in [2.24, 2.45) is 7.05 Å². The third kappa shape index (κ3) is 2.57. The SMILES string of the molecule is C[C@@H]1CN(c2c([N+](=O)[O-])c(=O)n(C)c3ccccc23)C[C@H](C)O1. The Labute approximate surface area is 133 Å². The van der Waals surface area contributed by atoms with Crippen LogP contribution < -0.4 is 10.5 Å². The maximum atomic E-state index is 12.5. The lowest BCUT2D eigenvalue weighted by Crippen LogP contribution is -2.46. The Balaban J connectivity index is 2.33. The molecule has 2 aromatic rings. The summed E-state index contributed by atoms with van der Waals surface area (Å²) in [5, 5.41) is 12.3. The highest BCUT2D eigenvalue weighted by Gasteiger charge is 2.32. The van der Waals surface area contributed by atoms with Gasteiger partial charge >= 0.3 is 11.2 Å². The summed E-state index contributed by atoms with van der Waals surface area (Å²) in [4.78, 5) is 25.4. The van der Waals surface area contributed by atoms with Gasteiger partial charge in [0, 0.05) is 25.5 Å². The van der Waals surface area contributed by atoms with Gasteiger partial charge in [0.15, 0.2) is 0 Å². The largest absolute Gasteiger partial charge is 0.372 e. The van der Waals surface area contributed by atoms with Crippen LogP contribution in [0.1, 0.15) is 13.8 Å². The second-order valence-electron chi connectivity index (χ2n) is 6.00. The zero-order valence-electron chi connectivity index (χ0n) is 13.4. The van der Waals surface area contributed by atoms with E-state index in [1.165, 1.54) is 4.57 Å². The first-order chi connectivity index (χ1) is 10.9. The van der Waals surface area contributed by atoms with E-state index >= 15 is 0 Å². The highest BCUT2D eigenvalue weighted by molar-refractivity contribution is 5.96. The summed E-state index contributed by atoms with van der Waals surface area (Å²) >= 11 is 0. The molecule has 1 aliphatic rings. The molecule has 1 aromatic carbocycles. The molecule has 7 nitrogen and oxygen atoms in total. The Kier molecular flexibility index (Phi) is 3.81. The minimum absolute atomic E-state index is 0.0545. The molecule has 1 fully saturated rings. The van der Waals surface area contributed by atoms with E-state index in [2.05, 4.69) is 0 Å². The smallest absolute Gasteiger partial charge is 0.357 e. The first-order valence-electron chi connectivity index (χ1n) is 7.56. The maximum absolute atomic E-state index is 12.5. The number of para-hydroxylation sites is 1. The Bertz CT molecular complexity index is 820. The predicted molar refractivity (Wildman–Crippen MR) is 88.1 cm³/mol. The number of aromatic nitrogens is 1. The number of nitrogens with zero attached hydrogens (tertiary/aromatic N) is 3. The molecule has 0 radical (unpaired) electrons. The van der Waals surface area contributed by atoms with Crippen molar-refractivity contribution in [1.29, 1.82) is 0 Å². The molecular weight excluding hydrogens is 298 g/mol. The van der Waals surface area contributed by atoms with E-state index in [1.807, 2.05) is 36.9 Å². The van der Waals surface area contributed by atoms with E-state index in [-0.39, 0.29) is 17.9 Å². The van der Waals surface area contributed by atoms with E-state index in [4.69, 9.17) is 4.74 Å². The number of anilines is 1. The summed E-state index contributed by atoms with van der Waals surface area (Å²) in [6, 6.07) is 7.27. The van der Waals surface area contributed by atoms with E-state index in [1.54, 1.807) is 13.1 Å². The number of pyridine rings is 1. The lowest BCUT2D eigenvalue weighted by Gasteiger charge is -2.37. The van der Waals surface area contributed by atoms with Crippen LogP contribution in [0.15, 0.2) is 29.1 Å². The molecule has 0 bridgehead atoms. The molecule has 23 heavy (non-hydrogen) atoms. The zero-order valence-corrected chi connectivity index (χ0v) is 13.4. The molecule has 0 amide bonds. The van der Waals surface area contributed by atoms with Gasteiger partial charge in [-0.15, -0.1) is 0 Å². The van der Waals surface area contributed by atoms with Crippen LogP contribution in [0, 0.1) is 10.1 Å². The van der Waals surface area contributed by atoms with Gasteiger partial charge in [-0.1, -0.05) is 18.2 Å².